The first-order chi connectivity index (χ1) is 12.5. The summed E-state index contributed by atoms with van der Waals surface area (Å²) in [6.07, 6.45) is 3.94. The molecular formula is C19H20N2O5. The number of likely N-dealkylation sites (tertiary alicyclic amines) is 1. The molecule has 1 fully saturated rings. The molecule has 26 heavy (non-hydrogen) atoms. The van der Waals surface area contributed by atoms with Gasteiger partial charge in [0.1, 0.15) is 17.4 Å². The highest BCUT2D eigenvalue weighted by Crippen LogP contribution is 2.29. The Balaban J connectivity index is 1.51. The van der Waals surface area contributed by atoms with Crippen molar-refractivity contribution in [3.8, 4) is 5.75 Å². The average molecular weight is 356 g/mol. The lowest BCUT2D eigenvalue weighted by molar-refractivity contribution is -0.138. The zero-order valence-electron chi connectivity index (χ0n) is 14.3. The molecule has 4 rings (SSSR count). The number of nitrogens with two attached hydrogens (primary N) is 1. The van der Waals surface area contributed by atoms with E-state index in [4.69, 9.17) is 14.9 Å². The van der Waals surface area contributed by atoms with E-state index in [9.17, 15) is 14.4 Å². The van der Waals surface area contributed by atoms with Crippen LogP contribution in [0.1, 0.15) is 30.4 Å². The standard InChI is InChI=1S/C19H20N2O5/c20-18(23)15-5-2-8-21(15)17(22)10-25-11-6-7-13-12-3-1-4-14(12)19(24)26-16(13)9-11/h6-7,9,15H,1-5,8,10H2,(H2,20,23). The predicted molar refractivity (Wildman–Crippen MR) is 93.9 cm³/mol. The van der Waals surface area contributed by atoms with E-state index in [1.807, 2.05) is 6.07 Å². The molecule has 0 radical (unpaired) electrons. The van der Waals surface area contributed by atoms with Crippen LogP contribution in [0.4, 0.5) is 0 Å². The van der Waals surface area contributed by atoms with Gasteiger partial charge in [0.25, 0.3) is 5.91 Å². The molecule has 1 aromatic heterocycles. The molecule has 0 bridgehead atoms. The first kappa shape index (κ1) is 16.6. The van der Waals surface area contributed by atoms with E-state index in [-0.39, 0.29) is 18.1 Å². The van der Waals surface area contributed by atoms with Crippen molar-refractivity contribution in [2.45, 2.75) is 38.1 Å². The van der Waals surface area contributed by atoms with Crippen molar-refractivity contribution in [1.29, 1.82) is 0 Å². The van der Waals surface area contributed by atoms with Gasteiger partial charge in [-0.05, 0) is 49.8 Å². The fourth-order valence-corrected chi connectivity index (χ4v) is 3.94. The number of rotatable bonds is 4. The Kier molecular flexibility index (Phi) is 4.14. The van der Waals surface area contributed by atoms with Gasteiger partial charge in [-0.3, -0.25) is 9.59 Å². The van der Waals surface area contributed by atoms with Gasteiger partial charge in [0, 0.05) is 23.6 Å². The Bertz CT molecular complexity index is 949. The van der Waals surface area contributed by atoms with Crippen LogP contribution in [0.25, 0.3) is 11.0 Å². The van der Waals surface area contributed by atoms with Crippen LogP contribution < -0.4 is 16.1 Å². The Morgan fingerprint density at radius 1 is 1.23 bits per heavy atom. The highest BCUT2D eigenvalue weighted by Gasteiger charge is 2.32. The molecule has 2 N–H and O–H groups in total. The molecule has 136 valence electrons. The number of primary amides is 1. The van der Waals surface area contributed by atoms with Gasteiger partial charge in [0.05, 0.1) is 0 Å². The van der Waals surface area contributed by atoms with Crippen LogP contribution in [0.3, 0.4) is 0 Å². The van der Waals surface area contributed by atoms with Crippen molar-refractivity contribution in [2.75, 3.05) is 13.2 Å². The lowest BCUT2D eigenvalue weighted by Crippen LogP contribution is -2.45. The molecule has 1 aromatic carbocycles. The quantitative estimate of drug-likeness (QED) is 0.828. The summed E-state index contributed by atoms with van der Waals surface area (Å²) >= 11 is 0. The number of hydrogen-bond donors (Lipinski definition) is 1. The van der Waals surface area contributed by atoms with Gasteiger partial charge in [0.15, 0.2) is 6.61 Å². The molecule has 2 aliphatic rings. The van der Waals surface area contributed by atoms with E-state index < -0.39 is 11.9 Å². The molecule has 1 atom stereocenters. The molecule has 1 unspecified atom stereocenters. The molecule has 2 heterocycles. The summed E-state index contributed by atoms with van der Waals surface area (Å²) in [7, 11) is 0. The van der Waals surface area contributed by atoms with Crippen LogP contribution in [0, 0.1) is 0 Å². The fourth-order valence-electron chi connectivity index (χ4n) is 3.94. The maximum Gasteiger partial charge on any atom is 0.339 e. The minimum Gasteiger partial charge on any atom is -0.484 e. The lowest BCUT2D eigenvalue weighted by Gasteiger charge is -2.22. The smallest absolute Gasteiger partial charge is 0.339 e. The first-order valence-corrected chi connectivity index (χ1v) is 8.85. The fraction of sp³-hybridized carbons (Fsp3) is 0.421. The molecule has 7 nitrogen and oxygen atoms in total. The third kappa shape index (κ3) is 2.83. The van der Waals surface area contributed by atoms with Crippen LogP contribution >= 0.6 is 0 Å². The summed E-state index contributed by atoms with van der Waals surface area (Å²) in [6.45, 7) is 0.318. The molecule has 0 spiro atoms. The molecule has 1 aliphatic carbocycles. The molecule has 2 aromatic rings. The van der Waals surface area contributed by atoms with Gasteiger partial charge in [-0.15, -0.1) is 0 Å². The van der Waals surface area contributed by atoms with E-state index in [1.165, 1.54) is 4.90 Å². The Hall–Kier alpha value is -2.83. The topological polar surface area (TPSA) is 103 Å². The van der Waals surface area contributed by atoms with Crippen molar-refractivity contribution >= 4 is 22.8 Å². The highest BCUT2D eigenvalue weighted by molar-refractivity contribution is 5.88. The van der Waals surface area contributed by atoms with Crippen molar-refractivity contribution in [3.63, 3.8) is 0 Å². The SMILES string of the molecule is NC(=O)C1CCCN1C(=O)COc1ccc2c3c(c(=O)oc2c1)CCC3. The number of carbonyl (C=O) groups is 2. The second-order valence-corrected chi connectivity index (χ2v) is 6.79. The molecule has 1 aliphatic heterocycles. The van der Waals surface area contributed by atoms with Crippen molar-refractivity contribution in [1.82, 2.24) is 4.90 Å². The average Bonchev–Trinajstić information content (AvgIpc) is 3.29. The predicted octanol–water partition coefficient (Wildman–Crippen LogP) is 1.14. The minimum atomic E-state index is -0.552. The van der Waals surface area contributed by atoms with Crippen LogP contribution in [0.5, 0.6) is 5.75 Å². The summed E-state index contributed by atoms with van der Waals surface area (Å²) in [5, 5.41) is 0.920. The summed E-state index contributed by atoms with van der Waals surface area (Å²) in [4.78, 5) is 37.3. The summed E-state index contributed by atoms with van der Waals surface area (Å²) in [6, 6.07) is 4.72. The number of ether oxygens (including phenoxy) is 1. The zero-order valence-corrected chi connectivity index (χ0v) is 14.3. The number of amides is 2. The Morgan fingerprint density at radius 3 is 2.85 bits per heavy atom. The van der Waals surface area contributed by atoms with Crippen molar-refractivity contribution in [2.24, 2.45) is 5.73 Å². The van der Waals surface area contributed by atoms with E-state index in [0.717, 1.165) is 42.2 Å². The van der Waals surface area contributed by atoms with Crippen molar-refractivity contribution in [3.05, 3.63) is 39.7 Å². The van der Waals surface area contributed by atoms with Gasteiger partial charge in [0.2, 0.25) is 5.91 Å². The maximum absolute atomic E-state index is 12.3. The number of hydrogen-bond acceptors (Lipinski definition) is 5. The van der Waals surface area contributed by atoms with Gasteiger partial charge in [-0.1, -0.05) is 0 Å². The second kappa shape index (κ2) is 6.48. The number of benzene rings is 1. The maximum atomic E-state index is 12.3. The van der Waals surface area contributed by atoms with E-state index in [1.54, 1.807) is 12.1 Å². The number of aryl methyl sites for hydroxylation is 1. The second-order valence-electron chi connectivity index (χ2n) is 6.79. The van der Waals surface area contributed by atoms with Gasteiger partial charge in [-0.2, -0.15) is 0 Å². The van der Waals surface area contributed by atoms with E-state index in [0.29, 0.717) is 24.3 Å². The summed E-state index contributed by atoms with van der Waals surface area (Å²) < 4.78 is 11.0. The van der Waals surface area contributed by atoms with E-state index in [2.05, 4.69) is 0 Å². The molecule has 0 saturated carbocycles. The number of carbonyl (C=O) groups excluding carboxylic acids is 2. The molecule has 2 amide bonds. The summed E-state index contributed by atoms with van der Waals surface area (Å²) in [5.41, 5.74) is 7.34. The molecule has 1 saturated heterocycles. The van der Waals surface area contributed by atoms with E-state index >= 15 is 0 Å². The van der Waals surface area contributed by atoms with Gasteiger partial charge < -0.3 is 19.8 Å². The van der Waals surface area contributed by atoms with Gasteiger partial charge >= 0.3 is 5.63 Å². The normalized spacial score (nSPS) is 18.9. The van der Waals surface area contributed by atoms with Gasteiger partial charge in [-0.25, -0.2) is 4.79 Å². The minimum absolute atomic E-state index is 0.190. The van der Waals surface area contributed by atoms with Crippen LogP contribution in [-0.2, 0) is 22.4 Å². The van der Waals surface area contributed by atoms with Crippen molar-refractivity contribution < 1.29 is 18.7 Å². The number of nitrogens with zero attached hydrogens (tertiary/aromatic N) is 1. The van der Waals surface area contributed by atoms with Crippen LogP contribution in [-0.4, -0.2) is 35.9 Å². The largest absolute Gasteiger partial charge is 0.484 e. The number of fused-ring (bicyclic) bond motifs is 3. The monoisotopic (exact) mass is 356 g/mol. The third-order valence-corrected chi connectivity index (χ3v) is 5.21. The van der Waals surface area contributed by atoms with Crippen LogP contribution in [0.15, 0.2) is 27.4 Å². The van der Waals surface area contributed by atoms with Crippen LogP contribution in [0.2, 0.25) is 0 Å². The first-order valence-electron chi connectivity index (χ1n) is 8.85. The Morgan fingerprint density at radius 2 is 2.04 bits per heavy atom. The molecular weight excluding hydrogens is 336 g/mol. The highest BCUT2D eigenvalue weighted by atomic mass is 16.5. The lowest BCUT2D eigenvalue weighted by atomic mass is 10.1. The Labute approximate surface area is 149 Å². The molecule has 7 heteroatoms. The zero-order chi connectivity index (χ0) is 18.3. The third-order valence-electron chi connectivity index (χ3n) is 5.21. The summed E-state index contributed by atoms with van der Waals surface area (Å²) in [5.74, 6) is -0.319.